The zero-order valence-corrected chi connectivity index (χ0v) is 19.7. The molecule has 1 aliphatic heterocycles. The quantitative estimate of drug-likeness (QED) is 0.501. The first kappa shape index (κ1) is 23.8. The van der Waals surface area contributed by atoms with Crippen LogP contribution in [0.5, 0.6) is 5.75 Å². The number of piperazine rings is 1. The van der Waals surface area contributed by atoms with Crippen molar-refractivity contribution >= 4 is 40.8 Å². The first-order valence-electron chi connectivity index (χ1n) is 10.5. The molecular weight excluding hydrogens is 482 g/mol. The number of nitrogens with zero attached hydrogens (tertiary/aromatic N) is 2. The van der Waals surface area contributed by atoms with Gasteiger partial charge in [0.15, 0.2) is 11.6 Å². The van der Waals surface area contributed by atoms with Gasteiger partial charge >= 0.3 is 0 Å². The van der Waals surface area contributed by atoms with E-state index in [0.717, 1.165) is 5.56 Å². The second kappa shape index (κ2) is 9.87. The van der Waals surface area contributed by atoms with Gasteiger partial charge in [-0.05, 0) is 42.8 Å². The van der Waals surface area contributed by atoms with Crippen molar-refractivity contribution in [3.8, 4) is 16.9 Å². The van der Waals surface area contributed by atoms with E-state index >= 15 is 0 Å². The molecule has 7 nitrogen and oxygen atoms in total. The van der Waals surface area contributed by atoms with E-state index in [1.807, 2.05) is 0 Å². The van der Waals surface area contributed by atoms with Crippen molar-refractivity contribution in [2.24, 2.45) is 0 Å². The van der Waals surface area contributed by atoms with E-state index in [2.05, 4.69) is 10.3 Å². The largest absolute Gasteiger partial charge is 0.482 e. The van der Waals surface area contributed by atoms with Gasteiger partial charge in [-0.1, -0.05) is 35.3 Å². The van der Waals surface area contributed by atoms with Crippen LogP contribution in [-0.2, 0) is 4.79 Å². The normalized spacial score (nSPS) is 14.5. The predicted molar refractivity (Wildman–Crippen MR) is 128 cm³/mol. The number of pyridine rings is 1. The van der Waals surface area contributed by atoms with Crippen LogP contribution in [0.25, 0.3) is 11.1 Å². The first-order chi connectivity index (χ1) is 16.2. The van der Waals surface area contributed by atoms with Gasteiger partial charge in [-0.3, -0.25) is 9.59 Å². The Morgan fingerprint density at radius 2 is 1.94 bits per heavy atom. The fourth-order valence-corrected chi connectivity index (χ4v) is 4.35. The van der Waals surface area contributed by atoms with Crippen molar-refractivity contribution in [2.45, 2.75) is 13.0 Å². The molecule has 1 aromatic heterocycles. The number of carbonyl (C=O) groups is 2. The molecule has 0 bridgehead atoms. The van der Waals surface area contributed by atoms with Gasteiger partial charge in [0.1, 0.15) is 11.9 Å². The van der Waals surface area contributed by atoms with E-state index in [4.69, 9.17) is 33.7 Å². The summed E-state index contributed by atoms with van der Waals surface area (Å²) in [4.78, 5) is 29.9. The summed E-state index contributed by atoms with van der Waals surface area (Å²) in [7, 11) is 0. The van der Waals surface area contributed by atoms with Crippen molar-refractivity contribution < 1.29 is 18.7 Å². The molecule has 2 heterocycles. The van der Waals surface area contributed by atoms with E-state index in [1.54, 1.807) is 43.5 Å². The van der Waals surface area contributed by atoms with E-state index in [9.17, 15) is 14.0 Å². The minimum absolute atomic E-state index is 0.0424. The number of hydrogen-bond donors (Lipinski definition) is 2. The minimum atomic E-state index is -0.697. The number of carbonyl (C=O) groups excluding carboxylic acids is 2. The molecule has 0 radical (unpaired) electrons. The van der Waals surface area contributed by atoms with Gasteiger partial charge in [-0.25, -0.2) is 9.37 Å². The number of halogens is 3. The van der Waals surface area contributed by atoms with Crippen molar-refractivity contribution in [1.82, 2.24) is 15.2 Å². The van der Waals surface area contributed by atoms with Gasteiger partial charge in [-0.15, -0.1) is 0 Å². The van der Waals surface area contributed by atoms with Crippen molar-refractivity contribution in [3.05, 3.63) is 75.7 Å². The maximum atomic E-state index is 13.9. The van der Waals surface area contributed by atoms with E-state index in [-0.39, 0.29) is 40.0 Å². The summed E-state index contributed by atoms with van der Waals surface area (Å²) in [5.41, 5.74) is 8.26. The Kier molecular flexibility index (Phi) is 6.90. The number of amides is 2. The summed E-state index contributed by atoms with van der Waals surface area (Å²) >= 11 is 12.3. The van der Waals surface area contributed by atoms with Gasteiger partial charge in [0.2, 0.25) is 5.91 Å². The lowest BCUT2D eigenvalue weighted by molar-refractivity contribution is -0.123. The predicted octanol–water partition coefficient (Wildman–Crippen LogP) is 4.49. The fourth-order valence-electron chi connectivity index (χ4n) is 3.67. The lowest BCUT2D eigenvalue weighted by Gasteiger charge is -2.26. The Hall–Kier alpha value is -3.36. The maximum Gasteiger partial charge on any atom is 0.254 e. The van der Waals surface area contributed by atoms with Gasteiger partial charge < -0.3 is 20.7 Å². The highest BCUT2D eigenvalue weighted by Gasteiger charge is 2.23. The third kappa shape index (κ3) is 4.93. The van der Waals surface area contributed by atoms with Gasteiger partial charge in [0.25, 0.3) is 5.91 Å². The van der Waals surface area contributed by atoms with Gasteiger partial charge in [0.05, 0.1) is 11.6 Å². The summed E-state index contributed by atoms with van der Waals surface area (Å²) in [5.74, 6) is -0.559. The van der Waals surface area contributed by atoms with Crippen LogP contribution < -0.4 is 15.8 Å². The number of aromatic nitrogens is 1. The van der Waals surface area contributed by atoms with E-state index in [1.165, 1.54) is 17.0 Å². The number of nitrogens with two attached hydrogens (primary N) is 1. The molecule has 2 aromatic carbocycles. The summed E-state index contributed by atoms with van der Waals surface area (Å²) in [5, 5.41) is 2.85. The number of anilines is 1. The fraction of sp³-hybridized carbons (Fsp3) is 0.208. The number of ether oxygens (including phenoxy) is 1. The Bertz CT molecular complexity index is 1250. The van der Waals surface area contributed by atoms with Gasteiger partial charge in [0, 0.05) is 41.0 Å². The lowest BCUT2D eigenvalue weighted by atomic mass is 10.0. The standard InChI is InChI=1S/C24H21Cl2FN4O3/c1-13(21-17(25)6-7-18(27)22(21)26)34-19-10-16(11-30-23(19)28)14-2-4-15(5-3-14)24(33)31-9-8-29-20(32)12-31/h2-7,10-11,13H,8-9,12H2,1H3,(H2,28,30)(H,29,32). The van der Waals surface area contributed by atoms with Crippen molar-refractivity contribution in [3.63, 3.8) is 0 Å². The third-order valence-corrected chi connectivity index (χ3v) is 6.18. The van der Waals surface area contributed by atoms with Crippen LogP contribution in [-0.4, -0.2) is 41.3 Å². The van der Waals surface area contributed by atoms with Crippen LogP contribution in [0.2, 0.25) is 10.0 Å². The van der Waals surface area contributed by atoms with Crippen LogP contribution in [0.15, 0.2) is 48.7 Å². The molecule has 1 aliphatic rings. The first-order valence-corrected chi connectivity index (χ1v) is 11.2. The number of nitrogen functional groups attached to an aromatic ring is 1. The Labute approximate surface area is 205 Å². The van der Waals surface area contributed by atoms with E-state index in [0.29, 0.717) is 29.8 Å². The minimum Gasteiger partial charge on any atom is -0.482 e. The average Bonchev–Trinajstić information content (AvgIpc) is 2.83. The molecule has 1 atom stereocenters. The van der Waals surface area contributed by atoms with Crippen LogP contribution in [0, 0.1) is 5.82 Å². The zero-order chi connectivity index (χ0) is 24.4. The molecule has 10 heteroatoms. The molecule has 176 valence electrons. The smallest absolute Gasteiger partial charge is 0.254 e. The molecule has 1 saturated heterocycles. The molecule has 0 spiro atoms. The Morgan fingerprint density at radius 1 is 1.21 bits per heavy atom. The van der Waals surface area contributed by atoms with Gasteiger partial charge in [-0.2, -0.15) is 0 Å². The number of hydrogen-bond acceptors (Lipinski definition) is 5. The molecule has 2 amide bonds. The summed E-state index contributed by atoms with van der Waals surface area (Å²) in [6.07, 6.45) is 0.887. The Balaban J connectivity index is 1.55. The SMILES string of the molecule is CC(Oc1cc(-c2ccc(C(=O)N3CCNC(=O)C3)cc2)cnc1N)c1c(Cl)ccc(F)c1Cl. The molecule has 1 fully saturated rings. The lowest BCUT2D eigenvalue weighted by Crippen LogP contribution is -2.49. The molecule has 4 rings (SSSR count). The van der Waals surface area contributed by atoms with Crippen LogP contribution in [0.4, 0.5) is 10.2 Å². The second-order valence-electron chi connectivity index (χ2n) is 7.78. The number of benzene rings is 2. The Morgan fingerprint density at radius 3 is 2.65 bits per heavy atom. The number of rotatable bonds is 5. The summed E-state index contributed by atoms with van der Waals surface area (Å²) < 4.78 is 19.9. The maximum absolute atomic E-state index is 13.9. The zero-order valence-electron chi connectivity index (χ0n) is 18.1. The second-order valence-corrected chi connectivity index (χ2v) is 8.56. The highest BCUT2D eigenvalue weighted by molar-refractivity contribution is 6.36. The summed E-state index contributed by atoms with van der Waals surface area (Å²) in [6, 6.07) is 11.2. The monoisotopic (exact) mass is 502 g/mol. The molecular formula is C24H21Cl2FN4O3. The highest BCUT2D eigenvalue weighted by Crippen LogP contribution is 2.37. The van der Waals surface area contributed by atoms with Crippen LogP contribution >= 0.6 is 23.2 Å². The highest BCUT2D eigenvalue weighted by atomic mass is 35.5. The third-order valence-electron chi connectivity index (χ3n) is 5.46. The molecule has 3 N–H and O–H groups in total. The number of nitrogens with one attached hydrogen (secondary N) is 1. The van der Waals surface area contributed by atoms with Crippen molar-refractivity contribution in [1.29, 1.82) is 0 Å². The molecule has 34 heavy (non-hydrogen) atoms. The van der Waals surface area contributed by atoms with E-state index < -0.39 is 11.9 Å². The molecule has 3 aromatic rings. The summed E-state index contributed by atoms with van der Waals surface area (Å²) in [6.45, 7) is 2.63. The molecule has 0 saturated carbocycles. The van der Waals surface area contributed by atoms with Crippen molar-refractivity contribution in [2.75, 3.05) is 25.4 Å². The van der Waals surface area contributed by atoms with Crippen LogP contribution in [0.1, 0.15) is 28.9 Å². The molecule has 0 aliphatic carbocycles. The molecule has 1 unspecified atom stereocenters. The topological polar surface area (TPSA) is 97.5 Å². The average molecular weight is 503 g/mol. The van der Waals surface area contributed by atoms with Crippen LogP contribution in [0.3, 0.4) is 0 Å².